The molecule has 9 nitrogen and oxygen atoms in total. The van der Waals surface area contributed by atoms with Crippen LogP contribution in [0.5, 0.6) is 5.75 Å². The van der Waals surface area contributed by atoms with Crippen molar-refractivity contribution >= 4 is 22.7 Å². The number of likely N-dealkylation sites (N-methyl/N-ethyl adjacent to an activating group) is 1. The first-order chi connectivity index (χ1) is 15.2. The van der Waals surface area contributed by atoms with Crippen molar-refractivity contribution in [1.82, 2.24) is 24.6 Å². The number of amides is 2. The van der Waals surface area contributed by atoms with E-state index in [0.29, 0.717) is 24.2 Å². The van der Waals surface area contributed by atoms with Gasteiger partial charge in [0, 0.05) is 26.2 Å². The summed E-state index contributed by atoms with van der Waals surface area (Å²) in [5.41, 5.74) is 0.393. The molecule has 0 unspecified atom stereocenters. The molecule has 0 fully saturated rings. The van der Waals surface area contributed by atoms with Crippen LogP contribution in [0.3, 0.4) is 0 Å². The highest BCUT2D eigenvalue weighted by atomic mass is 19.1. The van der Waals surface area contributed by atoms with Crippen LogP contribution in [0.15, 0.2) is 23.0 Å². The number of hydrogen-bond donors (Lipinski definition) is 2. The van der Waals surface area contributed by atoms with E-state index in [1.807, 2.05) is 13.8 Å². The lowest BCUT2D eigenvalue weighted by Crippen LogP contribution is -2.42. The van der Waals surface area contributed by atoms with E-state index >= 15 is 0 Å². The van der Waals surface area contributed by atoms with Gasteiger partial charge in [-0.05, 0) is 38.0 Å². The van der Waals surface area contributed by atoms with Crippen LogP contribution in [0.25, 0.3) is 10.9 Å². The minimum Gasteiger partial charge on any atom is -0.505 e. The lowest BCUT2D eigenvalue weighted by atomic mass is 10.1. The number of nitrogens with zero attached hydrogens (tertiary/aromatic N) is 4. The highest BCUT2D eigenvalue weighted by Gasteiger charge is 2.37. The molecule has 0 radical (unpaired) electrons. The number of hydrogen-bond acceptors (Lipinski definition) is 5. The minimum atomic E-state index is -0.642. The monoisotopic (exact) mass is 441 g/mol. The number of aromatic nitrogens is 3. The second-order valence-corrected chi connectivity index (χ2v) is 7.96. The number of aryl methyl sites for hydroxylation is 1. The van der Waals surface area contributed by atoms with Gasteiger partial charge < -0.3 is 19.9 Å². The Morgan fingerprint density at radius 1 is 1.34 bits per heavy atom. The molecule has 3 heterocycles. The molecule has 3 aromatic rings. The van der Waals surface area contributed by atoms with Crippen LogP contribution in [0.4, 0.5) is 4.39 Å². The van der Waals surface area contributed by atoms with Gasteiger partial charge in [-0.1, -0.05) is 12.1 Å². The number of aromatic hydroxyl groups is 1. The summed E-state index contributed by atoms with van der Waals surface area (Å²) < 4.78 is 16.2. The van der Waals surface area contributed by atoms with Gasteiger partial charge in [-0.25, -0.2) is 9.07 Å². The summed E-state index contributed by atoms with van der Waals surface area (Å²) in [7, 11) is 1.43. The molecule has 0 aliphatic carbocycles. The van der Waals surface area contributed by atoms with Crippen molar-refractivity contribution in [3.05, 3.63) is 56.9 Å². The third-order valence-electron chi connectivity index (χ3n) is 5.87. The van der Waals surface area contributed by atoms with Crippen LogP contribution in [-0.4, -0.2) is 56.3 Å². The predicted octanol–water partition coefficient (Wildman–Crippen LogP) is 1.80. The first-order valence-corrected chi connectivity index (χ1v) is 10.3. The Balaban J connectivity index is 2.02. The van der Waals surface area contributed by atoms with Crippen molar-refractivity contribution in [3.8, 4) is 5.75 Å². The Kier molecular flexibility index (Phi) is 5.23. The van der Waals surface area contributed by atoms with Gasteiger partial charge in [0.25, 0.3) is 17.4 Å². The van der Waals surface area contributed by atoms with Gasteiger partial charge in [0.15, 0.2) is 17.1 Å². The molecule has 0 saturated carbocycles. The molecule has 168 valence electrons. The van der Waals surface area contributed by atoms with Gasteiger partial charge in [0.2, 0.25) is 0 Å². The number of rotatable bonds is 4. The molecule has 2 aromatic heterocycles. The van der Waals surface area contributed by atoms with Gasteiger partial charge in [-0.2, -0.15) is 5.10 Å². The number of carbonyl (C=O) groups is 2. The molecule has 1 aliphatic heterocycles. The molecule has 0 bridgehead atoms. The van der Waals surface area contributed by atoms with Crippen LogP contribution >= 0.6 is 0 Å². The normalized spacial score (nSPS) is 15.8. The van der Waals surface area contributed by atoms with Crippen molar-refractivity contribution in [2.24, 2.45) is 0 Å². The fraction of sp³-hybridized carbons (Fsp3) is 0.364. The highest BCUT2D eigenvalue weighted by Crippen LogP contribution is 2.37. The highest BCUT2D eigenvalue weighted by molar-refractivity contribution is 6.10. The molecule has 2 N–H and O–H groups in total. The number of carbonyl (C=O) groups excluding carboxylic acids is 2. The molecule has 10 heteroatoms. The van der Waals surface area contributed by atoms with Gasteiger partial charge >= 0.3 is 0 Å². The quantitative estimate of drug-likeness (QED) is 0.642. The summed E-state index contributed by atoms with van der Waals surface area (Å²) in [6, 6.07) is 4.12. The van der Waals surface area contributed by atoms with Gasteiger partial charge in [0.1, 0.15) is 11.2 Å². The molecule has 2 amide bonds. The maximum Gasteiger partial charge on any atom is 0.280 e. The van der Waals surface area contributed by atoms with E-state index in [1.165, 1.54) is 23.7 Å². The SMILES string of the molecule is CCN1C[C@H](C)n2c(c(O)c3c(=O)n(Cc4ccc(F)c(C)c4)nc(C(=O)NC)c32)C1=O. The van der Waals surface area contributed by atoms with Crippen molar-refractivity contribution in [2.45, 2.75) is 33.4 Å². The van der Waals surface area contributed by atoms with Crippen molar-refractivity contribution in [3.63, 3.8) is 0 Å². The van der Waals surface area contributed by atoms with E-state index in [2.05, 4.69) is 10.4 Å². The van der Waals surface area contributed by atoms with Gasteiger partial charge in [0.05, 0.1) is 12.1 Å². The third kappa shape index (κ3) is 3.14. The van der Waals surface area contributed by atoms with Gasteiger partial charge in [-0.15, -0.1) is 0 Å². The van der Waals surface area contributed by atoms with Crippen molar-refractivity contribution < 1.29 is 19.1 Å². The topological polar surface area (TPSA) is 109 Å². The first-order valence-electron chi connectivity index (χ1n) is 10.3. The molecule has 1 atom stereocenters. The minimum absolute atomic E-state index is 0.0278. The number of nitrogens with one attached hydrogen (secondary N) is 1. The molecular formula is C22H24FN5O4. The van der Waals surface area contributed by atoms with Crippen LogP contribution in [-0.2, 0) is 6.54 Å². The van der Waals surface area contributed by atoms with Crippen LogP contribution in [0.2, 0.25) is 0 Å². The maximum absolute atomic E-state index is 13.7. The average molecular weight is 441 g/mol. The summed E-state index contributed by atoms with van der Waals surface area (Å²) in [6.45, 7) is 6.06. The number of halogens is 1. The summed E-state index contributed by atoms with van der Waals surface area (Å²) >= 11 is 0. The summed E-state index contributed by atoms with van der Waals surface area (Å²) in [6.07, 6.45) is 0. The average Bonchev–Trinajstić information content (AvgIpc) is 3.08. The predicted molar refractivity (Wildman–Crippen MR) is 116 cm³/mol. The Bertz CT molecular complexity index is 1330. The fourth-order valence-electron chi connectivity index (χ4n) is 4.26. The van der Waals surface area contributed by atoms with E-state index in [1.54, 1.807) is 17.9 Å². The number of fused-ring (bicyclic) bond motifs is 3. The lowest BCUT2D eigenvalue weighted by Gasteiger charge is -2.32. The maximum atomic E-state index is 13.7. The second kappa shape index (κ2) is 7.77. The smallest absolute Gasteiger partial charge is 0.280 e. The molecule has 0 spiro atoms. The van der Waals surface area contributed by atoms with Crippen LogP contribution < -0.4 is 10.9 Å². The largest absolute Gasteiger partial charge is 0.505 e. The molecule has 1 aromatic carbocycles. The van der Waals surface area contributed by atoms with E-state index < -0.39 is 23.1 Å². The Morgan fingerprint density at radius 2 is 2.06 bits per heavy atom. The lowest BCUT2D eigenvalue weighted by molar-refractivity contribution is 0.0685. The molecule has 1 aliphatic rings. The molecule has 0 saturated heterocycles. The zero-order valence-corrected chi connectivity index (χ0v) is 18.3. The second-order valence-electron chi connectivity index (χ2n) is 7.96. The van der Waals surface area contributed by atoms with Crippen molar-refractivity contribution in [2.75, 3.05) is 20.1 Å². The van der Waals surface area contributed by atoms with E-state index in [0.717, 1.165) is 4.68 Å². The molecule has 4 rings (SSSR count). The summed E-state index contributed by atoms with van der Waals surface area (Å²) in [5.74, 6) is -1.81. The van der Waals surface area contributed by atoms with Crippen molar-refractivity contribution in [1.29, 1.82) is 0 Å². The third-order valence-corrected chi connectivity index (χ3v) is 5.87. The standard InChI is InChI=1S/C22H24FN5O4/c1-5-26-9-12(3)28-17-15(19(29)18(28)22(26)32)21(31)27(25-16(17)20(30)24-4)10-13-6-7-14(23)11(2)8-13/h6-8,12,29H,5,9-10H2,1-4H3,(H,24,30)/t12-/m0/s1. The van der Waals surface area contributed by atoms with Gasteiger partial charge in [-0.3, -0.25) is 14.4 Å². The first kappa shape index (κ1) is 21.5. The summed E-state index contributed by atoms with van der Waals surface area (Å²) in [5, 5.41) is 17.6. The summed E-state index contributed by atoms with van der Waals surface area (Å²) in [4.78, 5) is 40.6. The van der Waals surface area contributed by atoms with E-state index in [-0.39, 0.29) is 40.7 Å². The Hall–Kier alpha value is -3.69. The Morgan fingerprint density at radius 3 is 2.69 bits per heavy atom. The zero-order chi connectivity index (χ0) is 23.3. The zero-order valence-electron chi connectivity index (χ0n) is 18.3. The van der Waals surface area contributed by atoms with Crippen LogP contribution in [0.1, 0.15) is 52.0 Å². The molecular weight excluding hydrogens is 417 g/mol. The fourth-order valence-corrected chi connectivity index (χ4v) is 4.26. The molecule has 32 heavy (non-hydrogen) atoms. The van der Waals surface area contributed by atoms with E-state index in [4.69, 9.17) is 0 Å². The van der Waals surface area contributed by atoms with E-state index in [9.17, 15) is 23.9 Å². The number of benzene rings is 1. The Labute approximate surface area is 183 Å². The van der Waals surface area contributed by atoms with Crippen LogP contribution in [0, 0.1) is 12.7 Å².